The smallest absolute Gasteiger partial charge is 0.325 e. The Hall–Kier alpha value is -1.59. The fourth-order valence-corrected chi connectivity index (χ4v) is 1.32. The van der Waals surface area contributed by atoms with Gasteiger partial charge in [-0.25, -0.2) is 0 Å². The Morgan fingerprint density at radius 2 is 1.65 bits per heavy atom. The van der Waals surface area contributed by atoms with E-state index in [0.717, 1.165) is 0 Å². The molecule has 0 spiro atoms. The lowest BCUT2D eigenvalue weighted by atomic mass is 10.0. The summed E-state index contributed by atoms with van der Waals surface area (Å²) in [6.07, 6.45) is 0.470. The second kappa shape index (κ2) is 6.88. The Balaban J connectivity index is 4.51. The van der Waals surface area contributed by atoms with Crippen molar-refractivity contribution in [2.45, 2.75) is 46.2 Å². The van der Waals surface area contributed by atoms with Crippen molar-refractivity contribution in [1.29, 1.82) is 0 Å². The van der Waals surface area contributed by atoms with E-state index in [4.69, 9.17) is 5.11 Å². The molecule has 0 bridgehead atoms. The van der Waals surface area contributed by atoms with Gasteiger partial charge in [0.25, 0.3) is 0 Å². The molecule has 0 fully saturated rings. The minimum absolute atomic E-state index is 0.220. The summed E-state index contributed by atoms with van der Waals surface area (Å²) in [5, 5.41) is 13.5. The van der Waals surface area contributed by atoms with Crippen LogP contribution in [0.1, 0.15) is 34.1 Å². The number of aliphatic carboxylic acids is 1. The lowest BCUT2D eigenvalue weighted by molar-refractivity contribution is -0.141. The fraction of sp³-hybridized carbons (Fsp3) is 0.727. The van der Waals surface area contributed by atoms with Gasteiger partial charge in [0.15, 0.2) is 0 Å². The van der Waals surface area contributed by atoms with Crippen LogP contribution in [-0.2, 0) is 14.4 Å². The van der Waals surface area contributed by atoms with Gasteiger partial charge in [0.2, 0.25) is 11.8 Å². The second-order valence-electron chi connectivity index (χ2n) is 4.45. The third kappa shape index (κ3) is 6.55. The summed E-state index contributed by atoms with van der Waals surface area (Å²) in [5.41, 5.74) is 0. The van der Waals surface area contributed by atoms with Gasteiger partial charge >= 0.3 is 5.97 Å². The number of hydrogen-bond acceptors (Lipinski definition) is 3. The Morgan fingerprint density at radius 3 is 2.00 bits per heavy atom. The maximum Gasteiger partial charge on any atom is 0.325 e. The summed E-state index contributed by atoms with van der Waals surface area (Å²) in [7, 11) is 0. The molecule has 98 valence electrons. The molecule has 2 amide bonds. The van der Waals surface area contributed by atoms with Crippen LogP contribution < -0.4 is 10.6 Å². The molecule has 0 radical (unpaired) electrons. The van der Waals surface area contributed by atoms with Crippen LogP contribution in [0.25, 0.3) is 0 Å². The summed E-state index contributed by atoms with van der Waals surface area (Å²) >= 11 is 0. The number of carbonyl (C=O) groups is 3. The predicted octanol–water partition coefficient (Wildman–Crippen LogP) is 0.127. The SMILES string of the molecule is CC(=O)N[C@@H](CC(C)C)C(=O)N[C@@H](C)C(=O)O. The van der Waals surface area contributed by atoms with E-state index in [1.807, 2.05) is 13.8 Å². The van der Waals surface area contributed by atoms with Crippen molar-refractivity contribution in [3.05, 3.63) is 0 Å². The molecule has 0 aliphatic heterocycles. The summed E-state index contributed by atoms with van der Waals surface area (Å²) in [6, 6.07) is -1.65. The van der Waals surface area contributed by atoms with Crippen LogP contribution in [0.2, 0.25) is 0 Å². The number of carbonyl (C=O) groups excluding carboxylic acids is 2. The van der Waals surface area contributed by atoms with Crippen molar-refractivity contribution in [1.82, 2.24) is 10.6 Å². The first-order chi connectivity index (χ1) is 7.73. The lowest BCUT2D eigenvalue weighted by Crippen LogP contribution is -2.50. The zero-order valence-corrected chi connectivity index (χ0v) is 10.6. The van der Waals surface area contributed by atoms with Crippen molar-refractivity contribution < 1.29 is 19.5 Å². The molecular weight excluding hydrogens is 224 g/mol. The second-order valence-corrected chi connectivity index (χ2v) is 4.45. The molecule has 0 aliphatic carbocycles. The first-order valence-electron chi connectivity index (χ1n) is 5.54. The molecule has 6 nitrogen and oxygen atoms in total. The van der Waals surface area contributed by atoms with E-state index in [1.165, 1.54) is 13.8 Å². The monoisotopic (exact) mass is 244 g/mol. The standard InChI is InChI=1S/C11H20N2O4/c1-6(2)5-9(13-8(4)14)10(15)12-7(3)11(16)17/h6-7,9H,5H2,1-4H3,(H,12,15)(H,13,14)(H,16,17)/t7-,9-/m0/s1. The van der Waals surface area contributed by atoms with Crippen LogP contribution in [0.15, 0.2) is 0 Å². The molecule has 0 saturated heterocycles. The van der Waals surface area contributed by atoms with Gasteiger partial charge in [0, 0.05) is 6.92 Å². The predicted molar refractivity (Wildman–Crippen MR) is 62.3 cm³/mol. The van der Waals surface area contributed by atoms with Crippen molar-refractivity contribution in [3.8, 4) is 0 Å². The van der Waals surface area contributed by atoms with Crippen LogP contribution in [0, 0.1) is 5.92 Å². The van der Waals surface area contributed by atoms with Crippen molar-refractivity contribution >= 4 is 17.8 Å². The molecule has 0 unspecified atom stereocenters. The fourth-order valence-electron chi connectivity index (χ4n) is 1.32. The highest BCUT2D eigenvalue weighted by Gasteiger charge is 2.23. The zero-order valence-electron chi connectivity index (χ0n) is 10.6. The van der Waals surface area contributed by atoms with Crippen LogP contribution in [-0.4, -0.2) is 35.0 Å². The first-order valence-corrected chi connectivity index (χ1v) is 5.54. The Labute approximate surface area is 101 Å². The molecule has 0 aromatic rings. The highest BCUT2D eigenvalue weighted by atomic mass is 16.4. The number of carboxylic acid groups (broad SMARTS) is 1. The molecular formula is C11H20N2O4. The van der Waals surface area contributed by atoms with E-state index < -0.39 is 24.0 Å². The van der Waals surface area contributed by atoms with Crippen molar-refractivity contribution in [2.24, 2.45) is 5.92 Å². The van der Waals surface area contributed by atoms with Crippen molar-refractivity contribution in [3.63, 3.8) is 0 Å². The molecule has 0 aliphatic rings. The van der Waals surface area contributed by atoms with Gasteiger partial charge in [-0.2, -0.15) is 0 Å². The highest BCUT2D eigenvalue weighted by molar-refractivity contribution is 5.89. The topological polar surface area (TPSA) is 95.5 Å². The summed E-state index contributed by atoms with van der Waals surface area (Å²) < 4.78 is 0. The average Bonchev–Trinajstić information content (AvgIpc) is 2.14. The van der Waals surface area contributed by atoms with Gasteiger partial charge < -0.3 is 15.7 Å². The van der Waals surface area contributed by atoms with Gasteiger partial charge in [-0.15, -0.1) is 0 Å². The number of hydrogen-bond donors (Lipinski definition) is 3. The number of amides is 2. The third-order valence-corrected chi connectivity index (χ3v) is 2.13. The molecule has 0 rings (SSSR count). The normalized spacial score (nSPS) is 13.9. The third-order valence-electron chi connectivity index (χ3n) is 2.13. The van der Waals surface area contributed by atoms with Gasteiger partial charge in [0.1, 0.15) is 12.1 Å². The van der Waals surface area contributed by atoms with Crippen LogP contribution in [0.3, 0.4) is 0 Å². The number of nitrogens with one attached hydrogen (secondary N) is 2. The van der Waals surface area contributed by atoms with E-state index in [1.54, 1.807) is 0 Å². The Bertz CT molecular complexity index is 302. The minimum Gasteiger partial charge on any atom is -0.480 e. The number of rotatable bonds is 6. The largest absolute Gasteiger partial charge is 0.480 e. The molecule has 3 N–H and O–H groups in total. The van der Waals surface area contributed by atoms with Crippen LogP contribution in [0.5, 0.6) is 0 Å². The maximum absolute atomic E-state index is 11.7. The molecule has 0 aromatic heterocycles. The van der Waals surface area contributed by atoms with E-state index in [-0.39, 0.29) is 11.8 Å². The van der Waals surface area contributed by atoms with E-state index >= 15 is 0 Å². The average molecular weight is 244 g/mol. The van der Waals surface area contributed by atoms with Gasteiger partial charge in [-0.1, -0.05) is 13.8 Å². The van der Waals surface area contributed by atoms with E-state index in [2.05, 4.69) is 10.6 Å². The quantitative estimate of drug-likeness (QED) is 0.618. The summed E-state index contributed by atoms with van der Waals surface area (Å²) in [6.45, 7) is 6.53. The molecule has 6 heteroatoms. The summed E-state index contributed by atoms with van der Waals surface area (Å²) in [4.78, 5) is 33.3. The maximum atomic E-state index is 11.7. The van der Waals surface area contributed by atoms with Crippen molar-refractivity contribution in [2.75, 3.05) is 0 Å². The molecule has 0 aromatic carbocycles. The minimum atomic E-state index is -1.11. The van der Waals surface area contributed by atoms with Gasteiger partial charge in [0.05, 0.1) is 0 Å². The Morgan fingerprint density at radius 1 is 1.12 bits per heavy atom. The van der Waals surface area contributed by atoms with Gasteiger partial charge in [-0.3, -0.25) is 14.4 Å². The lowest BCUT2D eigenvalue weighted by Gasteiger charge is -2.20. The first kappa shape index (κ1) is 15.4. The Kier molecular flexibility index (Phi) is 6.23. The van der Waals surface area contributed by atoms with Crippen LogP contribution >= 0.6 is 0 Å². The summed E-state index contributed by atoms with van der Waals surface area (Å²) in [5.74, 6) is -1.67. The van der Waals surface area contributed by atoms with Gasteiger partial charge in [-0.05, 0) is 19.3 Å². The van der Waals surface area contributed by atoms with E-state index in [0.29, 0.717) is 6.42 Å². The molecule has 17 heavy (non-hydrogen) atoms. The van der Waals surface area contributed by atoms with Crippen LogP contribution in [0.4, 0.5) is 0 Å². The van der Waals surface area contributed by atoms with E-state index in [9.17, 15) is 14.4 Å². The molecule has 0 heterocycles. The number of carboxylic acids is 1. The molecule has 0 saturated carbocycles. The zero-order chi connectivity index (χ0) is 13.6. The highest BCUT2D eigenvalue weighted by Crippen LogP contribution is 2.05. The molecule has 2 atom stereocenters.